The lowest BCUT2D eigenvalue weighted by Gasteiger charge is -2.06. The Kier molecular flexibility index (Phi) is 6.12. The Hall–Kier alpha value is -3.14. The van der Waals surface area contributed by atoms with Crippen LogP contribution in [0.5, 0.6) is 0 Å². The second-order valence-corrected chi connectivity index (χ2v) is 8.44. The number of hydrogen-bond acceptors (Lipinski definition) is 6. The SMILES string of the molecule is O=C(COCc1nc2ccccc2s1)NNC(=O)c1ccc(-c2ccc(F)cc2)s1. The zero-order valence-corrected chi connectivity index (χ0v) is 17.2. The molecule has 0 aliphatic carbocycles. The van der Waals surface area contributed by atoms with Crippen LogP contribution in [0.1, 0.15) is 14.7 Å². The molecule has 0 saturated carbocycles. The fourth-order valence-corrected chi connectivity index (χ4v) is 4.48. The van der Waals surface area contributed by atoms with E-state index in [0.717, 1.165) is 25.7 Å². The van der Waals surface area contributed by atoms with Gasteiger partial charge in [-0.25, -0.2) is 9.37 Å². The van der Waals surface area contributed by atoms with E-state index >= 15 is 0 Å². The average Bonchev–Trinajstić information content (AvgIpc) is 3.39. The highest BCUT2D eigenvalue weighted by molar-refractivity contribution is 7.18. The number of nitrogens with one attached hydrogen (secondary N) is 2. The number of carbonyl (C=O) groups excluding carboxylic acids is 2. The lowest BCUT2D eigenvalue weighted by Crippen LogP contribution is -2.43. The Bertz CT molecular complexity index is 1150. The molecule has 2 amide bonds. The van der Waals surface area contributed by atoms with E-state index in [2.05, 4.69) is 15.8 Å². The number of hydrogen-bond donors (Lipinski definition) is 2. The number of rotatable bonds is 6. The molecule has 0 spiro atoms. The first kappa shape index (κ1) is 20.1. The second-order valence-electron chi connectivity index (χ2n) is 6.24. The normalized spacial score (nSPS) is 10.8. The number of para-hydroxylation sites is 1. The van der Waals surface area contributed by atoms with Gasteiger partial charge in [0.25, 0.3) is 11.8 Å². The van der Waals surface area contributed by atoms with Gasteiger partial charge in [-0.05, 0) is 42.0 Å². The van der Waals surface area contributed by atoms with Crippen LogP contribution >= 0.6 is 22.7 Å². The predicted octanol–water partition coefficient (Wildman–Crippen LogP) is 4.14. The van der Waals surface area contributed by atoms with Crippen LogP contribution in [0.3, 0.4) is 0 Å². The minimum Gasteiger partial charge on any atom is -0.364 e. The summed E-state index contributed by atoms with van der Waals surface area (Å²) in [6.45, 7) is 0.00808. The Balaban J connectivity index is 1.23. The summed E-state index contributed by atoms with van der Waals surface area (Å²) in [6.07, 6.45) is 0. The van der Waals surface area contributed by atoms with Gasteiger partial charge in [-0.2, -0.15) is 0 Å². The Morgan fingerprint density at radius 1 is 0.967 bits per heavy atom. The third-order valence-corrected chi connectivity index (χ3v) is 6.21. The van der Waals surface area contributed by atoms with Crippen LogP contribution in [0.2, 0.25) is 0 Å². The van der Waals surface area contributed by atoms with Crippen molar-refractivity contribution in [3.63, 3.8) is 0 Å². The molecule has 6 nitrogen and oxygen atoms in total. The van der Waals surface area contributed by atoms with Crippen molar-refractivity contribution in [2.24, 2.45) is 0 Å². The van der Waals surface area contributed by atoms with Crippen LogP contribution in [0.4, 0.5) is 4.39 Å². The molecule has 2 heterocycles. The zero-order valence-electron chi connectivity index (χ0n) is 15.6. The van der Waals surface area contributed by atoms with E-state index in [1.54, 1.807) is 24.3 Å². The standard InChI is InChI=1S/C21H16FN3O3S2/c22-14-7-5-13(6-8-14)16-9-10-18(29-16)21(27)25-24-19(26)11-28-12-20-23-15-3-1-2-4-17(15)30-20/h1-10H,11-12H2,(H,24,26)(H,25,27). The first-order valence-corrected chi connectivity index (χ1v) is 10.6. The predicted molar refractivity (Wildman–Crippen MR) is 115 cm³/mol. The first-order chi connectivity index (χ1) is 14.6. The van der Waals surface area contributed by atoms with Crippen molar-refractivity contribution in [3.8, 4) is 10.4 Å². The topological polar surface area (TPSA) is 80.3 Å². The molecule has 4 aromatic rings. The van der Waals surface area contributed by atoms with E-state index in [4.69, 9.17) is 4.74 Å². The number of fused-ring (bicyclic) bond motifs is 1. The molecule has 2 aromatic carbocycles. The van der Waals surface area contributed by atoms with Gasteiger partial charge in [0.2, 0.25) is 0 Å². The lowest BCUT2D eigenvalue weighted by atomic mass is 10.2. The summed E-state index contributed by atoms with van der Waals surface area (Å²) in [5.74, 6) is -1.23. The number of ether oxygens (including phenoxy) is 1. The van der Waals surface area contributed by atoms with E-state index in [0.29, 0.717) is 4.88 Å². The summed E-state index contributed by atoms with van der Waals surface area (Å²) in [7, 11) is 0. The van der Waals surface area contributed by atoms with Gasteiger partial charge in [0.15, 0.2) is 0 Å². The Morgan fingerprint density at radius 3 is 2.57 bits per heavy atom. The number of nitrogens with zero attached hydrogens (tertiary/aromatic N) is 1. The maximum atomic E-state index is 13.0. The summed E-state index contributed by atoms with van der Waals surface area (Å²) < 4.78 is 19.5. The van der Waals surface area contributed by atoms with Crippen LogP contribution in [0.15, 0.2) is 60.7 Å². The van der Waals surface area contributed by atoms with Crippen molar-refractivity contribution in [3.05, 3.63) is 76.4 Å². The molecule has 2 N–H and O–H groups in total. The molecule has 0 unspecified atom stereocenters. The molecule has 4 rings (SSSR count). The summed E-state index contributed by atoms with van der Waals surface area (Å²) in [5, 5.41) is 0.778. The molecule has 152 valence electrons. The van der Waals surface area contributed by atoms with Crippen molar-refractivity contribution >= 4 is 44.7 Å². The number of carbonyl (C=O) groups is 2. The maximum absolute atomic E-state index is 13.0. The number of thiophene rings is 1. The maximum Gasteiger partial charge on any atom is 0.279 e. The largest absolute Gasteiger partial charge is 0.364 e. The minimum atomic E-state index is -0.472. The first-order valence-electron chi connectivity index (χ1n) is 8.95. The van der Waals surface area contributed by atoms with Gasteiger partial charge >= 0.3 is 0 Å². The molecular weight excluding hydrogens is 425 g/mol. The van der Waals surface area contributed by atoms with Crippen molar-refractivity contribution < 1.29 is 18.7 Å². The van der Waals surface area contributed by atoms with Crippen LogP contribution in [-0.2, 0) is 16.1 Å². The Morgan fingerprint density at radius 2 is 1.77 bits per heavy atom. The van der Waals surface area contributed by atoms with Crippen LogP contribution in [0.25, 0.3) is 20.7 Å². The van der Waals surface area contributed by atoms with Gasteiger partial charge in [0.1, 0.15) is 17.4 Å². The van der Waals surface area contributed by atoms with Gasteiger partial charge in [0.05, 0.1) is 21.7 Å². The fraction of sp³-hybridized carbons (Fsp3) is 0.0952. The van der Waals surface area contributed by atoms with Crippen LogP contribution < -0.4 is 10.9 Å². The molecular formula is C21H16FN3O3S2. The van der Waals surface area contributed by atoms with Crippen LogP contribution in [-0.4, -0.2) is 23.4 Å². The molecule has 0 saturated heterocycles. The monoisotopic (exact) mass is 441 g/mol. The van der Waals surface area contributed by atoms with E-state index < -0.39 is 11.8 Å². The number of benzene rings is 2. The smallest absolute Gasteiger partial charge is 0.279 e. The molecule has 0 aliphatic heterocycles. The minimum absolute atomic E-state index is 0.207. The number of hydrazine groups is 1. The third kappa shape index (κ3) is 4.88. The summed E-state index contributed by atoms with van der Waals surface area (Å²) in [6, 6.07) is 17.2. The fourth-order valence-electron chi connectivity index (χ4n) is 2.67. The number of halogens is 1. The number of thiazole rings is 1. The van der Waals surface area contributed by atoms with Crippen molar-refractivity contribution in [1.82, 2.24) is 15.8 Å². The quantitative estimate of drug-likeness (QED) is 0.441. The molecule has 0 aliphatic rings. The van der Waals surface area contributed by atoms with Gasteiger partial charge < -0.3 is 4.74 Å². The van der Waals surface area contributed by atoms with Crippen molar-refractivity contribution in [2.45, 2.75) is 6.61 Å². The molecule has 9 heteroatoms. The summed E-state index contributed by atoms with van der Waals surface area (Å²) >= 11 is 2.75. The van der Waals surface area contributed by atoms with Gasteiger partial charge in [-0.1, -0.05) is 24.3 Å². The van der Waals surface area contributed by atoms with Crippen LogP contribution in [0, 0.1) is 5.82 Å². The summed E-state index contributed by atoms with van der Waals surface area (Å²) in [5.41, 5.74) is 6.40. The summed E-state index contributed by atoms with van der Waals surface area (Å²) in [4.78, 5) is 29.8. The van der Waals surface area contributed by atoms with Gasteiger partial charge in [-0.15, -0.1) is 22.7 Å². The highest BCUT2D eigenvalue weighted by Crippen LogP contribution is 2.28. The molecule has 30 heavy (non-hydrogen) atoms. The number of amides is 2. The van der Waals surface area contributed by atoms with E-state index in [1.165, 1.54) is 34.8 Å². The lowest BCUT2D eigenvalue weighted by molar-refractivity contribution is -0.126. The molecule has 0 atom stereocenters. The molecule has 0 fully saturated rings. The zero-order chi connectivity index (χ0) is 20.9. The van der Waals surface area contributed by atoms with Crippen molar-refractivity contribution in [2.75, 3.05) is 6.61 Å². The second kappa shape index (κ2) is 9.12. The molecule has 2 aromatic heterocycles. The Labute approximate surface area is 179 Å². The van der Waals surface area contributed by atoms with E-state index in [1.807, 2.05) is 24.3 Å². The molecule has 0 bridgehead atoms. The highest BCUT2D eigenvalue weighted by Gasteiger charge is 2.12. The van der Waals surface area contributed by atoms with E-state index in [-0.39, 0.29) is 19.0 Å². The molecule has 0 radical (unpaired) electrons. The average molecular weight is 442 g/mol. The van der Waals surface area contributed by atoms with E-state index in [9.17, 15) is 14.0 Å². The number of aromatic nitrogens is 1. The van der Waals surface area contributed by atoms with Crippen molar-refractivity contribution in [1.29, 1.82) is 0 Å². The van der Waals surface area contributed by atoms with Gasteiger partial charge in [-0.3, -0.25) is 20.4 Å². The third-order valence-electron chi connectivity index (χ3n) is 4.07. The highest BCUT2D eigenvalue weighted by atomic mass is 32.1. The van der Waals surface area contributed by atoms with Gasteiger partial charge in [0, 0.05) is 4.88 Å².